The van der Waals surface area contributed by atoms with E-state index >= 15 is 0 Å². The number of nitrogens with zero attached hydrogens (tertiary/aromatic N) is 7. The molecule has 3 aromatic rings. The number of alkyl halides is 3. The maximum atomic E-state index is 12.9. The van der Waals surface area contributed by atoms with E-state index in [2.05, 4.69) is 20.4 Å². The van der Waals surface area contributed by atoms with Crippen LogP contribution in [0, 0.1) is 11.3 Å². The molecule has 0 saturated heterocycles. The van der Waals surface area contributed by atoms with Crippen LogP contribution in [0.1, 0.15) is 16.7 Å². The average molecular weight is 447 g/mol. The highest BCUT2D eigenvalue weighted by Crippen LogP contribution is 2.38. The van der Waals surface area contributed by atoms with Gasteiger partial charge in [-0.25, -0.2) is 4.68 Å². The van der Waals surface area contributed by atoms with Crippen molar-refractivity contribution in [1.29, 1.82) is 5.26 Å². The van der Waals surface area contributed by atoms with Crippen molar-refractivity contribution in [2.24, 2.45) is 5.10 Å². The summed E-state index contributed by atoms with van der Waals surface area (Å²) in [5, 5.41) is 28.6. The molecule has 2 aromatic heterocycles. The van der Waals surface area contributed by atoms with Gasteiger partial charge in [0.1, 0.15) is 0 Å². The molecule has 0 unspecified atom stereocenters. The summed E-state index contributed by atoms with van der Waals surface area (Å²) in [5.74, 6) is 0.857. The number of halogens is 3. The lowest BCUT2D eigenvalue weighted by molar-refractivity contribution is -0.137. The minimum Gasteiger partial charge on any atom is -0.264 e. The summed E-state index contributed by atoms with van der Waals surface area (Å²) < 4.78 is 40.8. The summed E-state index contributed by atoms with van der Waals surface area (Å²) in [6.07, 6.45) is -1.09. The lowest BCUT2D eigenvalue weighted by Gasteiger charge is -2.22. The van der Waals surface area contributed by atoms with Gasteiger partial charge in [0.25, 0.3) is 0 Å². The average Bonchev–Trinajstić information content (AvgIpc) is 3.26. The molecule has 0 atom stereocenters. The third-order valence-corrected chi connectivity index (χ3v) is 6.27. The summed E-state index contributed by atoms with van der Waals surface area (Å²) in [5.41, 5.74) is 0.426. The van der Waals surface area contributed by atoms with Crippen molar-refractivity contribution in [2.45, 2.75) is 17.0 Å². The second-order valence-corrected chi connectivity index (χ2v) is 8.31. The molecule has 0 radical (unpaired) electrons. The molecule has 1 aliphatic rings. The van der Waals surface area contributed by atoms with Crippen molar-refractivity contribution in [2.75, 3.05) is 12.1 Å². The van der Waals surface area contributed by atoms with E-state index < -0.39 is 11.7 Å². The summed E-state index contributed by atoms with van der Waals surface area (Å²) in [7, 11) is 1.77. The van der Waals surface area contributed by atoms with Crippen LogP contribution in [0.3, 0.4) is 0 Å². The number of benzene rings is 1. The molecule has 0 amide bonds. The van der Waals surface area contributed by atoms with Crippen LogP contribution in [-0.4, -0.2) is 31.4 Å². The zero-order valence-electron chi connectivity index (χ0n) is 15.3. The number of aromatic nitrogens is 4. The monoisotopic (exact) mass is 447 g/mol. The Bertz CT molecular complexity index is 1150. The van der Waals surface area contributed by atoms with Crippen LogP contribution in [0.5, 0.6) is 0 Å². The van der Waals surface area contributed by atoms with Crippen LogP contribution < -0.4 is 5.01 Å². The van der Waals surface area contributed by atoms with E-state index in [0.717, 1.165) is 17.8 Å². The van der Waals surface area contributed by atoms with Gasteiger partial charge in [-0.3, -0.25) is 5.01 Å². The maximum absolute atomic E-state index is 12.9. The largest absolute Gasteiger partial charge is 0.416 e. The Morgan fingerprint density at radius 3 is 2.77 bits per heavy atom. The highest BCUT2D eigenvalue weighted by Gasteiger charge is 2.31. The van der Waals surface area contributed by atoms with Crippen molar-refractivity contribution in [1.82, 2.24) is 20.0 Å². The molecule has 0 bridgehead atoms. The van der Waals surface area contributed by atoms with Crippen LogP contribution >= 0.6 is 23.5 Å². The maximum Gasteiger partial charge on any atom is 0.416 e. The predicted molar refractivity (Wildman–Crippen MR) is 108 cm³/mol. The van der Waals surface area contributed by atoms with Crippen LogP contribution in [0.15, 0.2) is 52.9 Å². The Morgan fingerprint density at radius 2 is 2.07 bits per heavy atom. The molecule has 0 saturated carbocycles. The van der Waals surface area contributed by atoms with E-state index in [1.165, 1.54) is 29.6 Å². The van der Waals surface area contributed by atoms with Crippen LogP contribution in [0.2, 0.25) is 0 Å². The first-order chi connectivity index (χ1) is 14.3. The Kier molecular flexibility index (Phi) is 5.40. The van der Waals surface area contributed by atoms with Gasteiger partial charge in [0.05, 0.1) is 22.9 Å². The van der Waals surface area contributed by atoms with E-state index in [1.807, 2.05) is 12.1 Å². The first kappa shape index (κ1) is 20.2. The SMILES string of the molecule is CN1N=C(SCc2ccc(C(F)(F)F)cc2C#N)Sc2nnc(-n3cccn3)cc21. The zero-order chi connectivity index (χ0) is 21.3. The number of anilines is 1. The van der Waals surface area contributed by atoms with Crippen molar-refractivity contribution in [3.05, 3.63) is 59.4 Å². The topological polar surface area (TPSA) is 83.0 Å². The molecule has 1 aromatic carbocycles. The van der Waals surface area contributed by atoms with E-state index in [1.54, 1.807) is 35.2 Å². The molecule has 30 heavy (non-hydrogen) atoms. The van der Waals surface area contributed by atoms with Crippen molar-refractivity contribution in [3.8, 4) is 11.9 Å². The summed E-state index contributed by atoms with van der Waals surface area (Å²) in [4.78, 5) is 0. The van der Waals surface area contributed by atoms with Crippen LogP contribution in [-0.2, 0) is 11.9 Å². The molecule has 3 heterocycles. The molecule has 0 fully saturated rings. The molecular weight excluding hydrogens is 435 g/mol. The number of nitriles is 1. The summed E-state index contributed by atoms with van der Waals surface area (Å²) in [6.45, 7) is 0. The standard InChI is InChI=1S/C18H12F3N7S2/c1-27-14-8-15(28-6-2-5-23-28)24-25-16(14)30-17(26-27)29-10-11-3-4-13(18(19,20)21)7-12(11)9-22/h2-8H,10H2,1H3. The molecule has 0 aliphatic carbocycles. The predicted octanol–water partition coefficient (Wildman–Crippen LogP) is 4.30. The third kappa shape index (κ3) is 4.12. The number of hydrogen-bond donors (Lipinski definition) is 0. The van der Waals surface area contributed by atoms with E-state index in [0.29, 0.717) is 26.5 Å². The smallest absolute Gasteiger partial charge is 0.264 e. The molecule has 12 heteroatoms. The Labute approximate surface area is 177 Å². The van der Waals surface area contributed by atoms with Crippen LogP contribution in [0.25, 0.3) is 5.82 Å². The minimum atomic E-state index is -4.49. The van der Waals surface area contributed by atoms with Gasteiger partial charge in [0, 0.05) is 31.3 Å². The highest BCUT2D eigenvalue weighted by atomic mass is 32.2. The second kappa shape index (κ2) is 8.00. The third-order valence-electron chi connectivity index (χ3n) is 4.14. The lowest BCUT2D eigenvalue weighted by Crippen LogP contribution is -2.18. The van der Waals surface area contributed by atoms with Gasteiger partial charge in [-0.1, -0.05) is 17.8 Å². The second-order valence-electron chi connectivity index (χ2n) is 6.11. The number of hydrogen-bond acceptors (Lipinski definition) is 8. The van der Waals surface area contributed by atoms with Crippen LogP contribution in [0.4, 0.5) is 18.9 Å². The van der Waals surface area contributed by atoms with Gasteiger partial charge >= 0.3 is 6.18 Å². The lowest BCUT2D eigenvalue weighted by atomic mass is 10.1. The summed E-state index contributed by atoms with van der Waals surface area (Å²) in [6, 6.07) is 8.62. The fourth-order valence-electron chi connectivity index (χ4n) is 2.64. The first-order valence-corrected chi connectivity index (χ1v) is 10.3. The Morgan fingerprint density at radius 1 is 1.23 bits per heavy atom. The van der Waals surface area contributed by atoms with Gasteiger partial charge in [0.15, 0.2) is 15.2 Å². The van der Waals surface area contributed by atoms with Crippen molar-refractivity contribution < 1.29 is 13.2 Å². The highest BCUT2D eigenvalue weighted by molar-refractivity contribution is 8.38. The number of hydrazone groups is 1. The number of fused-ring (bicyclic) bond motifs is 1. The molecule has 152 valence electrons. The molecular formula is C18H12F3N7S2. The molecule has 0 spiro atoms. The Balaban J connectivity index is 1.50. The zero-order valence-corrected chi connectivity index (χ0v) is 17.0. The van der Waals surface area contributed by atoms with Gasteiger partial charge in [-0.15, -0.1) is 10.2 Å². The fraction of sp³-hybridized carbons (Fsp3) is 0.167. The van der Waals surface area contributed by atoms with Gasteiger partial charge in [0.2, 0.25) is 0 Å². The number of thioether (sulfide) groups is 2. The van der Waals surface area contributed by atoms with E-state index in [9.17, 15) is 18.4 Å². The van der Waals surface area contributed by atoms with Gasteiger partial charge in [-0.05, 0) is 35.5 Å². The minimum absolute atomic E-state index is 0.00357. The molecule has 1 aliphatic heterocycles. The Hall–Kier alpha value is -3.04. The molecule has 4 rings (SSSR count). The normalized spacial score (nSPS) is 13.6. The van der Waals surface area contributed by atoms with Gasteiger partial charge in [-0.2, -0.15) is 28.6 Å². The molecule has 7 nitrogen and oxygen atoms in total. The fourth-order valence-corrected chi connectivity index (χ4v) is 4.71. The number of rotatable bonds is 3. The van der Waals surface area contributed by atoms with Gasteiger partial charge < -0.3 is 0 Å². The molecule has 0 N–H and O–H groups in total. The van der Waals surface area contributed by atoms with Crippen molar-refractivity contribution >= 4 is 33.6 Å². The quantitative estimate of drug-likeness (QED) is 0.592. The van der Waals surface area contributed by atoms with E-state index in [4.69, 9.17) is 0 Å². The van der Waals surface area contributed by atoms with E-state index in [-0.39, 0.29) is 5.56 Å². The first-order valence-electron chi connectivity index (χ1n) is 8.46. The summed E-state index contributed by atoms with van der Waals surface area (Å²) >= 11 is 2.63. The van der Waals surface area contributed by atoms with Crippen molar-refractivity contribution in [3.63, 3.8) is 0 Å².